The smallest absolute Gasteiger partial charge is 0.316 e. The largest absolute Gasteiger partial charge is 0.452 e. The van der Waals surface area contributed by atoms with Gasteiger partial charge >= 0.3 is 11.8 Å². The Hall–Kier alpha value is -2.67. The molecule has 1 atom stereocenters. The monoisotopic (exact) mass is 410 g/mol. The third kappa shape index (κ3) is 4.26. The van der Waals surface area contributed by atoms with Crippen LogP contribution in [0.15, 0.2) is 27.1 Å². The first kappa shape index (κ1) is 20.6. The Morgan fingerprint density at radius 1 is 1.20 bits per heavy atom. The van der Waals surface area contributed by atoms with Crippen LogP contribution in [-0.4, -0.2) is 46.6 Å². The van der Waals surface area contributed by atoms with Crippen molar-refractivity contribution in [3.05, 3.63) is 35.2 Å². The lowest BCUT2D eigenvalue weighted by atomic mass is 10.1. The van der Waals surface area contributed by atoms with E-state index in [-0.39, 0.29) is 11.8 Å². The molecule has 1 fully saturated rings. The van der Waals surface area contributed by atoms with Gasteiger partial charge in [0.15, 0.2) is 5.76 Å². The van der Waals surface area contributed by atoms with Crippen molar-refractivity contribution in [1.29, 1.82) is 0 Å². The molecule has 0 bridgehead atoms. The number of aryl methyl sites for hydroxylation is 2. The quantitative estimate of drug-likeness (QED) is 0.645. The summed E-state index contributed by atoms with van der Waals surface area (Å²) in [5, 5.41) is 7.90. The van der Waals surface area contributed by atoms with Gasteiger partial charge in [0.05, 0.1) is 0 Å². The fourth-order valence-electron chi connectivity index (χ4n) is 4.19. The molecular weight excluding hydrogens is 380 g/mol. The normalized spacial score (nSPS) is 16.5. The minimum atomic E-state index is -0.346. The van der Waals surface area contributed by atoms with E-state index in [0.717, 1.165) is 41.6 Å². The molecule has 1 aliphatic rings. The highest BCUT2D eigenvalue weighted by Crippen LogP contribution is 2.33. The van der Waals surface area contributed by atoms with Crippen LogP contribution in [0.1, 0.15) is 60.8 Å². The summed E-state index contributed by atoms with van der Waals surface area (Å²) in [7, 11) is 0. The zero-order chi connectivity index (χ0) is 21.1. The second kappa shape index (κ2) is 9.00. The highest BCUT2D eigenvalue weighted by atomic mass is 16.5. The van der Waals surface area contributed by atoms with E-state index in [1.807, 2.05) is 32.0 Å². The number of hydrogen-bond donors (Lipinski definition) is 1. The maximum atomic E-state index is 12.5. The second-order valence-corrected chi connectivity index (χ2v) is 8.27. The van der Waals surface area contributed by atoms with Crippen LogP contribution in [0.25, 0.3) is 22.6 Å². The van der Waals surface area contributed by atoms with Crippen molar-refractivity contribution >= 4 is 16.9 Å². The summed E-state index contributed by atoms with van der Waals surface area (Å²) in [5.41, 5.74) is 2.79. The van der Waals surface area contributed by atoms with Gasteiger partial charge in [-0.2, -0.15) is 4.98 Å². The first-order valence-electron chi connectivity index (χ1n) is 10.9. The molecule has 0 unspecified atom stereocenters. The van der Waals surface area contributed by atoms with Crippen LogP contribution in [0.5, 0.6) is 0 Å². The number of carbonyl (C=O) groups excluding carboxylic acids is 1. The number of nitrogens with one attached hydrogen (secondary N) is 1. The molecule has 0 radical (unpaired) electrons. The summed E-state index contributed by atoms with van der Waals surface area (Å²) in [6.45, 7) is 9.07. The van der Waals surface area contributed by atoms with Crippen molar-refractivity contribution in [3.63, 3.8) is 0 Å². The first-order chi connectivity index (χ1) is 14.5. The number of para-hydroxylation sites is 1. The average Bonchev–Trinajstić information content (AvgIpc) is 3.24. The molecule has 0 saturated carbocycles. The van der Waals surface area contributed by atoms with Crippen LogP contribution in [0.2, 0.25) is 0 Å². The highest BCUT2D eigenvalue weighted by molar-refractivity contribution is 5.91. The number of furan rings is 1. The molecule has 160 valence electrons. The van der Waals surface area contributed by atoms with Gasteiger partial charge < -0.3 is 19.2 Å². The van der Waals surface area contributed by atoms with E-state index in [0.29, 0.717) is 24.2 Å². The number of benzene rings is 1. The molecule has 1 amide bonds. The second-order valence-electron chi connectivity index (χ2n) is 8.27. The van der Waals surface area contributed by atoms with E-state index in [4.69, 9.17) is 8.94 Å². The van der Waals surface area contributed by atoms with Crippen LogP contribution in [0.4, 0.5) is 0 Å². The maximum absolute atomic E-state index is 12.5. The van der Waals surface area contributed by atoms with Crippen molar-refractivity contribution in [2.45, 2.75) is 58.9 Å². The van der Waals surface area contributed by atoms with Gasteiger partial charge in [-0.3, -0.25) is 4.79 Å². The van der Waals surface area contributed by atoms with Crippen molar-refractivity contribution in [2.75, 3.05) is 19.6 Å². The fraction of sp³-hybridized carbons (Fsp3) is 0.522. The lowest BCUT2D eigenvalue weighted by molar-refractivity contribution is 0.0904. The number of likely N-dealkylation sites (tertiary alicyclic amines) is 1. The molecule has 1 aromatic carbocycles. The number of nitrogens with zero attached hydrogens (tertiary/aromatic N) is 3. The standard InChI is InChI=1S/C23H30N4O3/c1-15-9-8-10-18-17(3)20(29-19(15)18)21-25-23(30-26-21)22(28)24-12-11-16(2)27-13-6-4-5-7-14-27/h8-10,16H,4-7,11-14H2,1-3H3,(H,24,28)/t16-/m0/s1. The van der Waals surface area contributed by atoms with E-state index in [2.05, 4.69) is 27.3 Å². The molecule has 0 spiro atoms. The van der Waals surface area contributed by atoms with Crippen LogP contribution >= 0.6 is 0 Å². The summed E-state index contributed by atoms with van der Waals surface area (Å²) in [4.78, 5) is 19.3. The predicted molar refractivity (Wildman–Crippen MR) is 115 cm³/mol. The van der Waals surface area contributed by atoms with Gasteiger partial charge in [-0.25, -0.2) is 0 Å². The molecular formula is C23H30N4O3. The molecule has 3 heterocycles. The maximum Gasteiger partial charge on any atom is 0.316 e. The Morgan fingerprint density at radius 3 is 2.70 bits per heavy atom. The third-order valence-electron chi connectivity index (χ3n) is 6.10. The van der Waals surface area contributed by atoms with Gasteiger partial charge in [0.25, 0.3) is 0 Å². The summed E-state index contributed by atoms with van der Waals surface area (Å²) in [6.07, 6.45) is 6.08. The molecule has 4 rings (SSSR count). The van der Waals surface area contributed by atoms with Crippen molar-refractivity contribution in [1.82, 2.24) is 20.4 Å². The number of hydrogen-bond acceptors (Lipinski definition) is 6. The van der Waals surface area contributed by atoms with Crippen LogP contribution in [0, 0.1) is 13.8 Å². The Balaban J connectivity index is 1.37. The molecule has 2 aromatic heterocycles. The lowest BCUT2D eigenvalue weighted by Gasteiger charge is -2.27. The number of amides is 1. The highest BCUT2D eigenvalue weighted by Gasteiger charge is 2.22. The zero-order valence-electron chi connectivity index (χ0n) is 18.0. The Morgan fingerprint density at radius 2 is 1.97 bits per heavy atom. The van der Waals surface area contributed by atoms with Crippen LogP contribution in [0.3, 0.4) is 0 Å². The number of carbonyl (C=O) groups is 1. The SMILES string of the molecule is Cc1c(-c2noc(C(=O)NCC[C@H](C)N3CCCCCC3)n2)oc2c(C)cccc12. The predicted octanol–water partition coefficient (Wildman–Crippen LogP) is 4.48. The molecule has 1 N–H and O–H groups in total. The van der Waals surface area contributed by atoms with Crippen molar-refractivity contribution in [3.8, 4) is 11.6 Å². The van der Waals surface area contributed by atoms with Gasteiger partial charge in [-0.1, -0.05) is 36.2 Å². The van der Waals surface area contributed by atoms with E-state index in [9.17, 15) is 4.79 Å². The minimum absolute atomic E-state index is 0.0380. The first-order valence-corrected chi connectivity index (χ1v) is 10.9. The fourth-order valence-corrected chi connectivity index (χ4v) is 4.19. The summed E-state index contributed by atoms with van der Waals surface area (Å²) in [6, 6.07) is 6.44. The minimum Gasteiger partial charge on any atom is -0.452 e. The third-order valence-corrected chi connectivity index (χ3v) is 6.10. The van der Waals surface area contributed by atoms with Crippen molar-refractivity contribution < 1.29 is 13.7 Å². The summed E-state index contributed by atoms with van der Waals surface area (Å²) in [5.74, 6) is 0.453. The Bertz CT molecular complexity index is 1010. The van der Waals surface area contributed by atoms with E-state index < -0.39 is 0 Å². The van der Waals surface area contributed by atoms with Gasteiger partial charge in [-0.15, -0.1) is 0 Å². The average molecular weight is 411 g/mol. The van der Waals surface area contributed by atoms with Gasteiger partial charge in [0.2, 0.25) is 5.82 Å². The number of aromatic nitrogens is 2. The molecule has 7 heteroatoms. The molecule has 30 heavy (non-hydrogen) atoms. The van der Waals surface area contributed by atoms with Crippen LogP contribution in [-0.2, 0) is 0 Å². The van der Waals surface area contributed by atoms with Crippen molar-refractivity contribution in [2.24, 2.45) is 0 Å². The summed E-state index contributed by atoms with van der Waals surface area (Å²) >= 11 is 0. The van der Waals surface area contributed by atoms with Gasteiger partial charge in [-0.05, 0) is 58.7 Å². The molecule has 1 saturated heterocycles. The summed E-state index contributed by atoms with van der Waals surface area (Å²) < 4.78 is 11.2. The zero-order valence-corrected chi connectivity index (χ0v) is 18.0. The number of rotatable bonds is 6. The number of fused-ring (bicyclic) bond motifs is 1. The lowest BCUT2D eigenvalue weighted by Crippen LogP contribution is -2.37. The van der Waals surface area contributed by atoms with E-state index in [1.165, 1.54) is 25.7 Å². The topological polar surface area (TPSA) is 84.4 Å². The molecule has 3 aromatic rings. The molecule has 7 nitrogen and oxygen atoms in total. The Kier molecular flexibility index (Phi) is 6.18. The van der Waals surface area contributed by atoms with Gasteiger partial charge in [0, 0.05) is 23.5 Å². The van der Waals surface area contributed by atoms with E-state index in [1.54, 1.807) is 0 Å². The van der Waals surface area contributed by atoms with Crippen LogP contribution < -0.4 is 5.32 Å². The molecule has 0 aliphatic carbocycles. The molecule has 1 aliphatic heterocycles. The Labute approximate surface area is 176 Å². The van der Waals surface area contributed by atoms with Gasteiger partial charge in [0.1, 0.15) is 5.58 Å². The van der Waals surface area contributed by atoms with E-state index >= 15 is 0 Å².